The topological polar surface area (TPSA) is 56.3 Å². The second kappa shape index (κ2) is 7.02. The Morgan fingerprint density at radius 2 is 1.81 bits per heavy atom. The number of carbonyl (C=O) groups is 2. The molecule has 1 aromatic carbocycles. The van der Waals surface area contributed by atoms with Gasteiger partial charge in [-0.05, 0) is 78.8 Å². The van der Waals surface area contributed by atoms with E-state index in [1.807, 2.05) is 0 Å². The minimum atomic E-state index is -0.493. The van der Waals surface area contributed by atoms with Crippen molar-refractivity contribution in [3.63, 3.8) is 0 Å². The van der Waals surface area contributed by atoms with Crippen LogP contribution in [0.5, 0.6) is 0 Å². The number of pyridine rings is 1. The van der Waals surface area contributed by atoms with Crippen LogP contribution in [0.2, 0.25) is 0 Å². The second-order valence-electron chi connectivity index (χ2n) is 7.33. The third-order valence-corrected chi connectivity index (χ3v) is 5.66. The first kappa shape index (κ1) is 17.0. The number of ether oxygens (including phenoxy) is 1. The summed E-state index contributed by atoms with van der Waals surface area (Å²) in [5.74, 6) is 0.277. The first-order chi connectivity index (χ1) is 12.7. The lowest BCUT2D eigenvalue weighted by Gasteiger charge is -2.32. The van der Waals surface area contributed by atoms with Gasteiger partial charge in [-0.2, -0.15) is 0 Å². The van der Waals surface area contributed by atoms with E-state index in [1.165, 1.54) is 50.1 Å². The molecule has 0 saturated heterocycles. The Hall–Kier alpha value is -2.49. The van der Waals surface area contributed by atoms with E-state index in [2.05, 4.69) is 21.9 Å². The molecule has 4 rings (SSSR count). The number of benzene rings is 1. The molecule has 1 heterocycles. The van der Waals surface area contributed by atoms with Crippen LogP contribution in [-0.4, -0.2) is 23.8 Å². The SMILES string of the molecule is COC(=O)c1ccc(C(=O)Cc2cc3c4c(c2)CCCC4CCC3)cn1. The smallest absolute Gasteiger partial charge is 0.356 e. The Bertz CT molecular complexity index is 823. The average molecular weight is 349 g/mol. The van der Waals surface area contributed by atoms with E-state index in [9.17, 15) is 9.59 Å². The number of Topliss-reactive ketones (excluding diaryl/α,β-unsaturated/α-hetero) is 1. The lowest BCUT2D eigenvalue weighted by atomic mass is 9.72. The van der Waals surface area contributed by atoms with Crippen molar-refractivity contribution in [2.45, 2.75) is 50.9 Å². The molecule has 0 unspecified atom stereocenters. The number of rotatable bonds is 4. The lowest BCUT2D eigenvalue weighted by molar-refractivity contribution is 0.0593. The van der Waals surface area contributed by atoms with Gasteiger partial charge in [0.2, 0.25) is 0 Å². The normalized spacial score (nSPS) is 16.0. The molecule has 4 nitrogen and oxygen atoms in total. The van der Waals surface area contributed by atoms with Gasteiger partial charge in [0.1, 0.15) is 5.69 Å². The summed E-state index contributed by atoms with van der Waals surface area (Å²) < 4.78 is 4.64. The highest BCUT2D eigenvalue weighted by atomic mass is 16.5. The van der Waals surface area contributed by atoms with E-state index in [4.69, 9.17) is 0 Å². The molecule has 2 aliphatic rings. The highest BCUT2D eigenvalue weighted by Crippen LogP contribution is 2.41. The van der Waals surface area contributed by atoms with Gasteiger partial charge in [0, 0.05) is 18.2 Å². The number of hydrogen-bond donors (Lipinski definition) is 0. The fourth-order valence-corrected chi connectivity index (χ4v) is 4.47. The molecule has 0 spiro atoms. The zero-order valence-corrected chi connectivity index (χ0v) is 15.1. The van der Waals surface area contributed by atoms with Gasteiger partial charge >= 0.3 is 5.97 Å². The first-order valence-corrected chi connectivity index (χ1v) is 9.38. The van der Waals surface area contributed by atoms with Crippen LogP contribution in [0, 0.1) is 0 Å². The van der Waals surface area contributed by atoms with Gasteiger partial charge in [0.05, 0.1) is 7.11 Å². The Balaban J connectivity index is 1.56. The van der Waals surface area contributed by atoms with Crippen LogP contribution in [0.1, 0.15) is 74.7 Å². The molecule has 0 fully saturated rings. The minimum absolute atomic E-state index is 0.0317. The predicted octanol–water partition coefficient (Wildman–Crippen LogP) is 4.05. The van der Waals surface area contributed by atoms with Crippen molar-refractivity contribution in [1.82, 2.24) is 4.98 Å². The molecule has 1 aromatic heterocycles. The van der Waals surface area contributed by atoms with Gasteiger partial charge in [-0.3, -0.25) is 4.79 Å². The standard InChI is InChI=1S/C22H23NO3/c1-26-22(25)19-9-8-18(13-23-19)20(24)12-14-10-16-6-2-4-15-5-3-7-17(11-14)21(15)16/h8-11,13,15H,2-7,12H2,1H3. The maximum absolute atomic E-state index is 12.7. The Morgan fingerprint density at radius 3 is 2.38 bits per heavy atom. The second-order valence-corrected chi connectivity index (χ2v) is 7.33. The number of aromatic nitrogens is 1. The van der Waals surface area contributed by atoms with Crippen molar-refractivity contribution in [3.8, 4) is 0 Å². The summed E-state index contributed by atoms with van der Waals surface area (Å²) in [6.07, 6.45) is 9.26. The van der Waals surface area contributed by atoms with Crippen LogP contribution in [0.4, 0.5) is 0 Å². The van der Waals surface area contributed by atoms with Crippen molar-refractivity contribution in [2.24, 2.45) is 0 Å². The van der Waals surface area contributed by atoms with Gasteiger partial charge in [-0.1, -0.05) is 12.1 Å². The first-order valence-electron chi connectivity index (χ1n) is 9.38. The zero-order valence-electron chi connectivity index (χ0n) is 15.1. The van der Waals surface area contributed by atoms with Crippen LogP contribution in [0.3, 0.4) is 0 Å². The maximum Gasteiger partial charge on any atom is 0.356 e. The van der Waals surface area contributed by atoms with E-state index < -0.39 is 5.97 Å². The van der Waals surface area contributed by atoms with Gasteiger partial charge in [-0.25, -0.2) is 9.78 Å². The molecule has 0 radical (unpaired) electrons. The molecule has 0 N–H and O–H groups in total. The summed E-state index contributed by atoms with van der Waals surface area (Å²) in [6.45, 7) is 0. The number of hydrogen-bond acceptors (Lipinski definition) is 4. The molecule has 26 heavy (non-hydrogen) atoms. The molecule has 134 valence electrons. The summed E-state index contributed by atoms with van der Waals surface area (Å²) >= 11 is 0. The number of carbonyl (C=O) groups excluding carboxylic acids is 2. The van der Waals surface area contributed by atoms with Crippen LogP contribution < -0.4 is 0 Å². The number of ketones is 1. The summed E-state index contributed by atoms with van der Waals surface area (Å²) in [5.41, 5.74) is 6.35. The van der Waals surface area contributed by atoms with E-state index in [0.717, 1.165) is 24.3 Å². The summed E-state index contributed by atoms with van der Waals surface area (Å²) in [4.78, 5) is 28.1. The van der Waals surface area contributed by atoms with Gasteiger partial charge in [0.15, 0.2) is 5.78 Å². The number of nitrogens with zero attached hydrogens (tertiary/aromatic N) is 1. The van der Waals surface area contributed by atoms with E-state index in [1.54, 1.807) is 17.7 Å². The molecule has 2 aromatic rings. The average Bonchev–Trinajstić information content (AvgIpc) is 2.68. The fraction of sp³-hybridized carbons (Fsp3) is 0.409. The van der Waals surface area contributed by atoms with Crippen LogP contribution >= 0.6 is 0 Å². The number of methoxy groups -OCH3 is 1. The van der Waals surface area contributed by atoms with E-state index in [0.29, 0.717) is 12.0 Å². The number of aryl methyl sites for hydroxylation is 2. The largest absolute Gasteiger partial charge is 0.464 e. The lowest BCUT2D eigenvalue weighted by Crippen LogP contribution is -2.18. The molecule has 0 amide bonds. The minimum Gasteiger partial charge on any atom is -0.464 e. The zero-order chi connectivity index (χ0) is 18.1. The Morgan fingerprint density at radius 1 is 1.12 bits per heavy atom. The van der Waals surface area contributed by atoms with Crippen molar-refractivity contribution < 1.29 is 14.3 Å². The molecule has 0 bridgehead atoms. The highest BCUT2D eigenvalue weighted by molar-refractivity contribution is 5.98. The predicted molar refractivity (Wildman–Crippen MR) is 98.7 cm³/mol. The molecule has 0 aliphatic heterocycles. The molecular weight excluding hydrogens is 326 g/mol. The van der Waals surface area contributed by atoms with E-state index in [-0.39, 0.29) is 11.5 Å². The third kappa shape index (κ3) is 3.16. The van der Waals surface area contributed by atoms with Gasteiger partial charge in [-0.15, -0.1) is 0 Å². The summed E-state index contributed by atoms with van der Waals surface area (Å²) in [6, 6.07) is 7.68. The Labute approximate surface area is 153 Å². The van der Waals surface area contributed by atoms with E-state index >= 15 is 0 Å². The van der Waals surface area contributed by atoms with Crippen molar-refractivity contribution >= 4 is 11.8 Å². The van der Waals surface area contributed by atoms with Crippen LogP contribution in [0.25, 0.3) is 0 Å². The highest BCUT2D eigenvalue weighted by Gasteiger charge is 2.27. The van der Waals surface area contributed by atoms with Crippen molar-refractivity contribution in [2.75, 3.05) is 7.11 Å². The van der Waals surface area contributed by atoms with Gasteiger partial charge < -0.3 is 4.74 Å². The van der Waals surface area contributed by atoms with Crippen LogP contribution in [-0.2, 0) is 24.0 Å². The molecule has 4 heteroatoms. The third-order valence-electron chi connectivity index (χ3n) is 5.66. The van der Waals surface area contributed by atoms with Crippen LogP contribution in [0.15, 0.2) is 30.5 Å². The Kier molecular flexibility index (Phi) is 4.58. The summed E-state index contributed by atoms with van der Waals surface area (Å²) in [5, 5.41) is 0. The van der Waals surface area contributed by atoms with Gasteiger partial charge in [0.25, 0.3) is 0 Å². The quantitative estimate of drug-likeness (QED) is 0.617. The van der Waals surface area contributed by atoms with Crippen molar-refractivity contribution in [3.05, 3.63) is 64.0 Å². The fourth-order valence-electron chi connectivity index (χ4n) is 4.47. The molecule has 2 aliphatic carbocycles. The molecule has 0 atom stereocenters. The maximum atomic E-state index is 12.7. The monoisotopic (exact) mass is 349 g/mol. The molecular formula is C22H23NO3. The number of esters is 1. The van der Waals surface area contributed by atoms with Crippen molar-refractivity contribution in [1.29, 1.82) is 0 Å². The summed E-state index contributed by atoms with van der Waals surface area (Å²) in [7, 11) is 1.32. The molecule has 0 saturated carbocycles.